The van der Waals surface area contributed by atoms with Crippen LogP contribution in [-0.2, 0) is 6.42 Å². The molecule has 0 saturated carbocycles. The van der Waals surface area contributed by atoms with Crippen LogP contribution < -0.4 is 0 Å². The molecule has 0 N–H and O–H groups in total. The second-order valence-electron chi connectivity index (χ2n) is 12.9. The molecule has 1 aromatic heterocycles. The fourth-order valence-electron chi connectivity index (χ4n) is 7.23. The Balaban J connectivity index is 1.12. The first kappa shape index (κ1) is 29.7. The first-order chi connectivity index (χ1) is 24.7. The van der Waals surface area contributed by atoms with Crippen LogP contribution in [0.3, 0.4) is 0 Å². The molecule has 0 bridgehead atoms. The third-order valence-electron chi connectivity index (χ3n) is 9.65. The van der Waals surface area contributed by atoms with E-state index >= 15 is 0 Å². The van der Waals surface area contributed by atoms with Gasteiger partial charge >= 0.3 is 0 Å². The van der Waals surface area contributed by atoms with Crippen molar-refractivity contribution in [2.24, 2.45) is 0 Å². The number of benzene rings is 7. The molecule has 0 unspecified atom stereocenters. The van der Waals surface area contributed by atoms with Gasteiger partial charge in [-0.25, -0.2) is 15.0 Å². The van der Waals surface area contributed by atoms with Gasteiger partial charge in [-0.3, -0.25) is 0 Å². The van der Waals surface area contributed by atoms with Crippen LogP contribution in [0.25, 0.3) is 78.7 Å². The van der Waals surface area contributed by atoms with Gasteiger partial charge in [-0.2, -0.15) is 0 Å². The maximum Gasteiger partial charge on any atom is 0.164 e. The highest BCUT2D eigenvalue weighted by Gasteiger charge is 2.25. The molecule has 3 heteroatoms. The second kappa shape index (κ2) is 12.5. The van der Waals surface area contributed by atoms with E-state index in [9.17, 15) is 0 Å². The Morgan fingerprint density at radius 1 is 0.320 bits per heavy atom. The summed E-state index contributed by atoms with van der Waals surface area (Å²) < 4.78 is 0. The average molecular weight is 640 g/mol. The van der Waals surface area contributed by atoms with Crippen LogP contribution in [0.2, 0.25) is 0 Å². The van der Waals surface area contributed by atoms with E-state index in [0.29, 0.717) is 17.5 Å². The lowest BCUT2D eigenvalue weighted by atomic mass is 9.93. The van der Waals surface area contributed by atoms with Gasteiger partial charge in [0.1, 0.15) is 0 Å². The molecule has 0 radical (unpaired) electrons. The van der Waals surface area contributed by atoms with E-state index in [1.807, 2.05) is 30.3 Å². The molecule has 0 atom stereocenters. The van der Waals surface area contributed by atoms with E-state index in [1.165, 1.54) is 55.6 Å². The topological polar surface area (TPSA) is 38.7 Å². The second-order valence-corrected chi connectivity index (χ2v) is 12.9. The molecule has 50 heavy (non-hydrogen) atoms. The minimum absolute atomic E-state index is 0.661. The minimum atomic E-state index is 0.661. The number of rotatable bonds is 6. The molecular formula is C47H33N3. The van der Waals surface area contributed by atoms with E-state index in [4.69, 9.17) is 15.0 Å². The van der Waals surface area contributed by atoms with E-state index in [2.05, 4.69) is 146 Å². The molecule has 1 aliphatic carbocycles. The maximum absolute atomic E-state index is 5.03. The van der Waals surface area contributed by atoms with Gasteiger partial charge in [0.2, 0.25) is 0 Å². The molecule has 0 fully saturated rings. The van der Waals surface area contributed by atoms with Gasteiger partial charge in [-0.15, -0.1) is 0 Å². The molecule has 8 aromatic rings. The number of hydrogen-bond donors (Lipinski definition) is 0. The van der Waals surface area contributed by atoms with Crippen LogP contribution in [0, 0.1) is 6.92 Å². The number of nitrogens with zero attached hydrogens (tertiary/aromatic N) is 3. The molecule has 0 aliphatic heterocycles. The highest BCUT2D eigenvalue weighted by atomic mass is 15.0. The third kappa shape index (κ3) is 5.49. The van der Waals surface area contributed by atoms with Gasteiger partial charge in [0.15, 0.2) is 17.5 Å². The summed E-state index contributed by atoms with van der Waals surface area (Å²) in [6.07, 6.45) is 0.873. The Morgan fingerprint density at radius 3 is 1.30 bits per heavy atom. The van der Waals surface area contributed by atoms with Gasteiger partial charge in [-0.05, 0) is 87.2 Å². The zero-order chi connectivity index (χ0) is 33.4. The molecule has 0 amide bonds. The van der Waals surface area contributed by atoms with E-state index in [1.54, 1.807) is 0 Å². The van der Waals surface area contributed by atoms with Crippen molar-refractivity contribution in [3.05, 3.63) is 187 Å². The minimum Gasteiger partial charge on any atom is -0.208 e. The molecule has 9 rings (SSSR count). The van der Waals surface area contributed by atoms with Gasteiger partial charge < -0.3 is 0 Å². The molecule has 0 saturated heterocycles. The normalized spacial score (nSPS) is 11.6. The fourth-order valence-corrected chi connectivity index (χ4v) is 7.23. The van der Waals surface area contributed by atoms with Crippen molar-refractivity contribution in [2.75, 3.05) is 0 Å². The first-order valence-electron chi connectivity index (χ1n) is 17.1. The van der Waals surface area contributed by atoms with Crippen LogP contribution in [-0.4, -0.2) is 15.0 Å². The van der Waals surface area contributed by atoms with Gasteiger partial charge in [0.05, 0.1) is 0 Å². The quantitative estimate of drug-likeness (QED) is 0.182. The SMILES string of the molecule is Cc1cccc(-c2nc(-c3ccccc3)nc(-c3cccc(-c4cccc5c4Cc4c(-c6cccc(-c7ccccc7)c6)cccc4-5)c3)n2)c1. The van der Waals surface area contributed by atoms with Crippen molar-refractivity contribution in [1.29, 1.82) is 0 Å². The number of hydrogen-bond acceptors (Lipinski definition) is 3. The highest BCUT2D eigenvalue weighted by Crippen LogP contribution is 2.45. The molecular weight excluding hydrogens is 607 g/mol. The molecule has 3 nitrogen and oxygen atoms in total. The molecule has 7 aromatic carbocycles. The Bertz CT molecular complexity index is 2520. The largest absolute Gasteiger partial charge is 0.208 e. The van der Waals surface area contributed by atoms with Gasteiger partial charge in [0, 0.05) is 16.7 Å². The average Bonchev–Trinajstić information content (AvgIpc) is 3.58. The van der Waals surface area contributed by atoms with Gasteiger partial charge in [0.25, 0.3) is 0 Å². The molecule has 0 spiro atoms. The third-order valence-corrected chi connectivity index (χ3v) is 9.65. The lowest BCUT2D eigenvalue weighted by molar-refractivity contribution is 1.07. The zero-order valence-corrected chi connectivity index (χ0v) is 27.7. The van der Waals surface area contributed by atoms with Crippen LogP contribution in [0.1, 0.15) is 16.7 Å². The predicted molar refractivity (Wildman–Crippen MR) is 205 cm³/mol. The van der Waals surface area contributed by atoms with Crippen molar-refractivity contribution in [3.8, 4) is 78.7 Å². The molecule has 1 heterocycles. The summed E-state index contributed by atoms with van der Waals surface area (Å²) in [7, 11) is 0. The van der Waals surface area contributed by atoms with Crippen molar-refractivity contribution in [1.82, 2.24) is 15.0 Å². The van der Waals surface area contributed by atoms with Crippen molar-refractivity contribution >= 4 is 0 Å². The summed E-state index contributed by atoms with van der Waals surface area (Å²) in [5, 5.41) is 0. The summed E-state index contributed by atoms with van der Waals surface area (Å²) >= 11 is 0. The van der Waals surface area contributed by atoms with E-state index in [-0.39, 0.29) is 0 Å². The Kier molecular flexibility index (Phi) is 7.44. The number of fused-ring (bicyclic) bond motifs is 3. The van der Waals surface area contributed by atoms with Crippen LogP contribution in [0.5, 0.6) is 0 Å². The summed E-state index contributed by atoms with van der Waals surface area (Å²) in [4.78, 5) is 15.0. The summed E-state index contributed by atoms with van der Waals surface area (Å²) in [6.45, 7) is 2.09. The van der Waals surface area contributed by atoms with Crippen LogP contribution in [0.4, 0.5) is 0 Å². The van der Waals surface area contributed by atoms with Crippen LogP contribution >= 0.6 is 0 Å². The number of aromatic nitrogens is 3. The molecule has 1 aliphatic rings. The van der Waals surface area contributed by atoms with E-state index in [0.717, 1.165) is 28.7 Å². The molecule has 236 valence electrons. The smallest absolute Gasteiger partial charge is 0.164 e. The summed E-state index contributed by atoms with van der Waals surface area (Å²) in [6, 6.07) is 60.1. The number of aryl methyl sites for hydroxylation is 1. The first-order valence-corrected chi connectivity index (χ1v) is 17.1. The summed E-state index contributed by atoms with van der Waals surface area (Å²) in [5.74, 6) is 1.99. The lowest BCUT2D eigenvalue weighted by Gasteiger charge is -2.12. The highest BCUT2D eigenvalue weighted by molar-refractivity contribution is 5.90. The summed E-state index contributed by atoms with van der Waals surface area (Å²) in [5.41, 5.74) is 16.8. The van der Waals surface area contributed by atoms with Crippen molar-refractivity contribution < 1.29 is 0 Å². The Labute approximate surface area is 292 Å². The van der Waals surface area contributed by atoms with Crippen LogP contribution in [0.15, 0.2) is 170 Å². The van der Waals surface area contributed by atoms with Crippen molar-refractivity contribution in [2.45, 2.75) is 13.3 Å². The van der Waals surface area contributed by atoms with Gasteiger partial charge in [-0.1, -0.05) is 157 Å². The Morgan fingerprint density at radius 2 is 0.720 bits per heavy atom. The maximum atomic E-state index is 5.03. The standard InChI is InChI=1S/C47H33N3/c1-31-13-8-21-37(27-31)46-48-45(33-16-6-3-7-17-33)49-47(50-46)38-22-10-20-36(29-38)40-24-12-26-42-41-25-11-23-39(43(41)30-44(40)42)35-19-9-18-34(28-35)32-14-4-2-5-15-32/h2-29H,30H2,1H3. The zero-order valence-electron chi connectivity index (χ0n) is 27.7. The van der Waals surface area contributed by atoms with Crippen molar-refractivity contribution in [3.63, 3.8) is 0 Å². The monoisotopic (exact) mass is 639 g/mol. The lowest BCUT2D eigenvalue weighted by Crippen LogP contribution is -2.00. The fraction of sp³-hybridized carbons (Fsp3) is 0.0426. The van der Waals surface area contributed by atoms with E-state index < -0.39 is 0 Å². The predicted octanol–water partition coefficient (Wildman–Crippen LogP) is 11.8. The Hall–Kier alpha value is -6.45.